The van der Waals surface area contributed by atoms with Gasteiger partial charge < -0.3 is 9.88 Å². The van der Waals surface area contributed by atoms with E-state index in [1.807, 2.05) is 16.8 Å². The van der Waals surface area contributed by atoms with E-state index >= 15 is 0 Å². The normalized spacial score (nSPS) is 10.0. The second-order valence-electron chi connectivity index (χ2n) is 3.92. The first-order valence-corrected chi connectivity index (χ1v) is 5.68. The Morgan fingerprint density at radius 1 is 1.39 bits per heavy atom. The summed E-state index contributed by atoms with van der Waals surface area (Å²) in [5, 5.41) is 11.8. The topological polar surface area (TPSA) is 53.6 Å². The van der Waals surface area contributed by atoms with Gasteiger partial charge in [0.15, 0.2) is 0 Å². The maximum atomic E-state index is 13.1. The zero-order chi connectivity index (χ0) is 12.8. The van der Waals surface area contributed by atoms with E-state index in [1.54, 1.807) is 18.6 Å². The molecule has 0 unspecified atom stereocenters. The standard InChI is InChI=1S/C13H13FN4/c14-12-6-11(9-15)7-13(8-12)17-2-1-4-18-5-3-16-10-18/h3,5-8,10,17H,1-2,4H2. The number of hydrogen-bond donors (Lipinski definition) is 1. The van der Waals surface area contributed by atoms with Crippen molar-refractivity contribution in [2.75, 3.05) is 11.9 Å². The van der Waals surface area contributed by atoms with Crippen LogP contribution in [0.2, 0.25) is 0 Å². The van der Waals surface area contributed by atoms with Crippen LogP contribution in [0.3, 0.4) is 0 Å². The molecule has 1 aromatic heterocycles. The Morgan fingerprint density at radius 3 is 3.00 bits per heavy atom. The fourth-order valence-corrected chi connectivity index (χ4v) is 1.67. The van der Waals surface area contributed by atoms with E-state index in [1.165, 1.54) is 12.1 Å². The molecule has 18 heavy (non-hydrogen) atoms. The molecule has 92 valence electrons. The van der Waals surface area contributed by atoms with Gasteiger partial charge in [0.1, 0.15) is 5.82 Å². The van der Waals surface area contributed by atoms with Crippen LogP contribution in [0, 0.1) is 17.1 Å². The van der Waals surface area contributed by atoms with Crippen molar-refractivity contribution in [2.24, 2.45) is 0 Å². The second-order valence-corrected chi connectivity index (χ2v) is 3.92. The lowest BCUT2D eigenvalue weighted by atomic mass is 10.2. The van der Waals surface area contributed by atoms with Crippen molar-refractivity contribution in [3.63, 3.8) is 0 Å². The highest BCUT2D eigenvalue weighted by Crippen LogP contribution is 2.13. The lowest BCUT2D eigenvalue weighted by molar-refractivity contribution is 0.627. The lowest BCUT2D eigenvalue weighted by Crippen LogP contribution is -2.06. The first kappa shape index (κ1) is 12.1. The molecule has 5 heteroatoms. The fourth-order valence-electron chi connectivity index (χ4n) is 1.67. The Kier molecular flexibility index (Phi) is 3.92. The van der Waals surface area contributed by atoms with Crippen molar-refractivity contribution in [2.45, 2.75) is 13.0 Å². The van der Waals surface area contributed by atoms with Crippen LogP contribution in [0.25, 0.3) is 0 Å². The molecule has 0 radical (unpaired) electrons. The van der Waals surface area contributed by atoms with Crippen molar-refractivity contribution in [3.05, 3.63) is 48.3 Å². The average molecular weight is 244 g/mol. The molecule has 0 saturated heterocycles. The van der Waals surface area contributed by atoms with Gasteiger partial charge in [-0.1, -0.05) is 0 Å². The van der Waals surface area contributed by atoms with Crippen LogP contribution in [-0.4, -0.2) is 16.1 Å². The quantitative estimate of drug-likeness (QED) is 0.822. The van der Waals surface area contributed by atoms with Gasteiger partial charge in [0.05, 0.1) is 18.0 Å². The van der Waals surface area contributed by atoms with Crippen LogP contribution in [0.5, 0.6) is 0 Å². The third-order valence-electron chi connectivity index (χ3n) is 2.51. The van der Waals surface area contributed by atoms with Crippen LogP contribution >= 0.6 is 0 Å². The molecule has 0 saturated carbocycles. The van der Waals surface area contributed by atoms with Crippen molar-refractivity contribution < 1.29 is 4.39 Å². The van der Waals surface area contributed by atoms with E-state index in [9.17, 15) is 4.39 Å². The number of rotatable bonds is 5. The molecule has 4 nitrogen and oxygen atoms in total. The van der Waals surface area contributed by atoms with Gasteiger partial charge in [-0.2, -0.15) is 5.26 Å². The number of anilines is 1. The van der Waals surface area contributed by atoms with Crippen LogP contribution in [0.4, 0.5) is 10.1 Å². The van der Waals surface area contributed by atoms with Crippen molar-refractivity contribution in [3.8, 4) is 6.07 Å². The van der Waals surface area contributed by atoms with E-state index < -0.39 is 5.82 Å². The number of benzene rings is 1. The minimum atomic E-state index is -0.397. The minimum absolute atomic E-state index is 0.326. The highest BCUT2D eigenvalue weighted by Gasteiger charge is 1.99. The fraction of sp³-hybridized carbons (Fsp3) is 0.231. The molecular formula is C13H13FN4. The number of nitrogens with zero attached hydrogens (tertiary/aromatic N) is 3. The van der Waals surface area contributed by atoms with E-state index in [4.69, 9.17) is 5.26 Å². The van der Waals surface area contributed by atoms with Crippen molar-refractivity contribution in [1.29, 1.82) is 5.26 Å². The van der Waals surface area contributed by atoms with Gasteiger partial charge in [0, 0.05) is 31.2 Å². The maximum absolute atomic E-state index is 13.1. The van der Waals surface area contributed by atoms with Crippen LogP contribution < -0.4 is 5.32 Å². The molecule has 0 aliphatic carbocycles. The van der Waals surface area contributed by atoms with Gasteiger partial charge in [0.25, 0.3) is 0 Å². The van der Waals surface area contributed by atoms with Gasteiger partial charge in [-0.05, 0) is 24.6 Å². The lowest BCUT2D eigenvalue weighted by Gasteiger charge is -2.07. The number of nitrogens with one attached hydrogen (secondary N) is 1. The summed E-state index contributed by atoms with van der Waals surface area (Å²) in [5.74, 6) is -0.397. The van der Waals surface area contributed by atoms with Gasteiger partial charge in [-0.15, -0.1) is 0 Å². The predicted molar refractivity (Wildman–Crippen MR) is 66.4 cm³/mol. The first-order valence-electron chi connectivity index (χ1n) is 5.68. The summed E-state index contributed by atoms with van der Waals surface area (Å²) in [6, 6.07) is 6.17. The molecular weight excluding hydrogens is 231 g/mol. The predicted octanol–water partition coefficient (Wildman–Crippen LogP) is 2.40. The molecule has 2 rings (SSSR count). The first-order chi connectivity index (χ1) is 8.78. The van der Waals surface area contributed by atoms with Crippen LogP contribution in [0.1, 0.15) is 12.0 Å². The maximum Gasteiger partial charge on any atom is 0.126 e. The number of nitriles is 1. The molecule has 0 aliphatic rings. The third kappa shape index (κ3) is 3.32. The van der Waals surface area contributed by atoms with Crippen molar-refractivity contribution in [1.82, 2.24) is 9.55 Å². The molecule has 0 amide bonds. The molecule has 0 bridgehead atoms. The van der Waals surface area contributed by atoms with E-state index in [0.29, 0.717) is 17.8 Å². The summed E-state index contributed by atoms with van der Waals surface area (Å²) < 4.78 is 15.1. The third-order valence-corrected chi connectivity index (χ3v) is 2.51. The summed E-state index contributed by atoms with van der Waals surface area (Å²) in [6.07, 6.45) is 6.29. The molecule has 1 aromatic carbocycles. The second kappa shape index (κ2) is 5.82. The number of aromatic nitrogens is 2. The monoisotopic (exact) mass is 244 g/mol. The summed E-state index contributed by atoms with van der Waals surface area (Å²) in [7, 11) is 0. The Balaban J connectivity index is 1.83. The zero-order valence-corrected chi connectivity index (χ0v) is 9.81. The highest BCUT2D eigenvalue weighted by molar-refractivity contribution is 5.49. The van der Waals surface area contributed by atoms with Gasteiger partial charge >= 0.3 is 0 Å². The summed E-state index contributed by atoms with van der Waals surface area (Å²) in [6.45, 7) is 1.57. The molecule has 1 heterocycles. The molecule has 1 N–H and O–H groups in total. The Bertz CT molecular complexity index is 543. The van der Waals surface area contributed by atoms with Gasteiger partial charge in [0.2, 0.25) is 0 Å². The Labute approximate surface area is 105 Å². The Hall–Kier alpha value is -2.35. The van der Waals surface area contributed by atoms with E-state index in [-0.39, 0.29) is 0 Å². The zero-order valence-electron chi connectivity index (χ0n) is 9.81. The number of aryl methyl sites for hydroxylation is 1. The summed E-state index contributed by atoms with van der Waals surface area (Å²) in [5.41, 5.74) is 0.962. The number of halogens is 1. The number of imidazole rings is 1. The van der Waals surface area contributed by atoms with Crippen LogP contribution in [0.15, 0.2) is 36.9 Å². The average Bonchev–Trinajstić information content (AvgIpc) is 2.87. The summed E-state index contributed by atoms with van der Waals surface area (Å²) >= 11 is 0. The largest absolute Gasteiger partial charge is 0.385 e. The molecule has 2 aromatic rings. The summed E-state index contributed by atoms with van der Waals surface area (Å²) in [4.78, 5) is 3.95. The minimum Gasteiger partial charge on any atom is -0.385 e. The molecule has 0 atom stereocenters. The van der Waals surface area contributed by atoms with E-state index in [0.717, 1.165) is 13.0 Å². The number of hydrogen-bond acceptors (Lipinski definition) is 3. The van der Waals surface area contributed by atoms with Gasteiger partial charge in [-0.25, -0.2) is 9.37 Å². The molecule has 0 aliphatic heterocycles. The van der Waals surface area contributed by atoms with Gasteiger partial charge in [-0.3, -0.25) is 0 Å². The van der Waals surface area contributed by atoms with Crippen molar-refractivity contribution >= 4 is 5.69 Å². The highest BCUT2D eigenvalue weighted by atomic mass is 19.1. The Morgan fingerprint density at radius 2 is 2.28 bits per heavy atom. The van der Waals surface area contributed by atoms with E-state index in [2.05, 4.69) is 10.3 Å². The SMILES string of the molecule is N#Cc1cc(F)cc(NCCCn2ccnc2)c1. The molecule has 0 fully saturated rings. The molecule has 0 spiro atoms. The smallest absolute Gasteiger partial charge is 0.126 e. The van der Waals surface area contributed by atoms with Crippen LogP contribution in [-0.2, 0) is 6.54 Å².